The summed E-state index contributed by atoms with van der Waals surface area (Å²) in [5.41, 5.74) is 5.86. The van der Waals surface area contributed by atoms with Crippen molar-refractivity contribution >= 4 is 17.3 Å². The van der Waals surface area contributed by atoms with Crippen molar-refractivity contribution in [2.24, 2.45) is 0 Å². The van der Waals surface area contributed by atoms with Gasteiger partial charge in [-0.2, -0.15) is 0 Å². The number of nitrogens with one attached hydrogen (secondary N) is 1. The fraction of sp³-hybridized carbons (Fsp3) is 0.133. The summed E-state index contributed by atoms with van der Waals surface area (Å²) in [5.74, 6) is -0.0969. The molecule has 1 amide bonds. The number of benzene rings is 2. The van der Waals surface area contributed by atoms with E-state index in [9.17, 15) is 4.79 Å². The maximum atomic E-state index is 11.3. The van der Waals surface area contributed by atoms with E-state index >= 15 is 0 Å². The molecule has 2 aromatic carbocycles. The Morgan fingerprint density at radius 1 is 1.00 bits per heavy atom. The highest BCUT2D eigenvalue weighted by Crippen LogP contribution is 2.23. The molecule has 0 heterocycles. The predicted molar refractivity (Wildman–Crippen MR) is 73.6 cm³/mol. The number of hydrazine groups is 1. The van der Waals surface area contributed by atoms with Crippen LogP contribution in [0.25, 0.3) is 0 Å². The van der Waals surface area contributed by atoms with E-state index in [2.05, 4.69) is 5.43 Å². The summed E-state index contributed by atoms with van der Waals surface area (Å²) < 4.78 is 0. The summed E-state index contributed by atoms with van der Waals surface area (Å²) in [5, 5.41) is 1.79. The van der Waals surface area contributed by atoms with Crippen LogP contribution in [0.3, 0.4) is 0 Å². The van der Waals surface area contributed by atoms with Gasteiger partial charge in [-0.05, 0) is 36.8 Å². The second-order valence-corrected chi connectivity index (χ2v) is 4.18. The number of carbonyl (C=O) groups excluding carboxylic acids is 1. The fourth-order valence-corrected chi connectivity index (χ4v) is 1.78. The minimum Gasteiger partial charge on any atom is -0.274 e. The molecule has 0 spiro atoms. The molecule has 0 saturated carbocycles. The first-order chi connectivity index (χ1) is 8.66. The van der Waals surface area contributed by atoms with Gasteiger partial charge in [0, 0.05) is 6.92 Å². The molecular weight excluding hydrogens is 224 g/mol. The van der Waals surface area contributed by atoms with Gasteiger partial charge in [0.2, 0.25) is 5.91 Å². The lowest BCUT2D eigenvalue weighted by molar-refractivity contribution is -0.118. The van der Waals surface area contributed by atoms with Gasteiger partial charge < -0.3 is 0 Å². The van der Waals surface area contributed by atoms with E-state index in [-0.39, 0.29) is 5.91 Å². The Kier molecular flexibility index (Phi) is 3.63. The van der Waals surface area contributed by atoms with Gasteiger partial charge in [0.1, 0.15) is 0 Å². The number of aryl methyl sites for hydroxylation is 1. The van der Waals surface area contributed by atoms with Gasteiger partial charge in [-0.15, -0.1) is 0 Å². The summed E-state index contributed by atoms with van der Waals surface area (Å²) in [6.07, 6.45) is 0. The van der Waals surface area contributed by atoms with Gasteiger partial charge in [-0.3, -0.25) is 15.2 Å². The third-order valence-electron chi connectivity index (χ3n) is 2.54. The van der Waals surface area contributed by atoms with Crippen LogP contribution in [0.15, 0.2) is 54.6 Å². The molecule has 0 unspecified atom stereocenters. The van der Waals surface area contributed by atoms with E-state index in [1.165, 1.54) is 6.92 Å². The van der Waals surface area contributed by atoms with Crippen LogP contribution < -0.4 is 10.4 Å². The molecule has 3 heteroatoms. The lowest BCUT2D eigenvalue weighted by Crippen LogP contribution is -2.37. The van der Waals surface area contributed by atoms with Crippen molar-refractivity contribution < 1.29 is 4.79 Å². The summed E-state index contributed by atoms with van der Waals surface area (Å²) >= 11 is 0. The second kappa shape index (κ2) is 5.36. The summed E-state index contributed by atoms with van der Waals surface area (Å²) in [7, 11) is 0. The number of hydrogen-bond donors (Lipinski definition) is 1. The fourth-order valence-electron chi connectivity index (χ4n) is 1.78. The number of anilines is 2. The molecule has 2 aromatic rings. The number of carbonyl (C=O) groups is 1. The molecule has 2 rings (SSSR count). The molecule has 0 aliphatic heterocycles. The van der Waals surface area contributed by atoms with Gasteiger partial charge in [-0.1, -0.05) is 30.3 Å². The average molecular weight is 240 g/mol. The standard InChI is InChI=1S/C15H16N2O/c1-12-7-6-10-15(11-12)17(16-13(2)18)14-8-4-3-5-9-14/h3-11H,1-2H3,(H,16,18). The smallest absolute Gasteiger partial charge is 0.235 e. The van der Waals surface area contributed by atoms with E-state index in [0.717, 1.165) is 16.9 Å². The maximum Gasteiger partial charge on any atom is 0.235 e. The molecule has 18 heavy (non-hydrogen) atoms. The van der Waals surface area contributed by atoms with Crippen LogP contribution in [0.2, 0.25) is 0 Å². The molecule has 0 atom stereocenters. The zero-order valence-electron chi connectivity index (χ0n) is 10.6. The van der Waals surface area contributed by atoms with Crippen molar-refractivity contribution in [2.75, 3.05) is 5.01 Å². The van der Waals surface area contributed by atoms with Crippen molar-refractivity contribution in [1.82, 2.24) is 5.43 Å². The highest BCUT2D eigenvalue weighted by molar-refractivity contribution is 5.78. The molecule has 0 aromatic heterocycles. The predicted octanol–water partition coefficient (Wildman–Crippen LogP) is 3.18. The lowest BCUT2D eigenvalue weighted by atomic mass is 10.2. The van der Waals surface area contributed by atoms with Crippen molar-refractivity contribution in [1.29, 1.82) is 0 Å². The Morgan fingerprint density at radius 3 is 2.28 bits per heavy atom. The minimum absolute atomic E-state index is 0.0969. The molecule has 1 N–H and O–H groups in total. The van der Waals surface area contributed by atoms with E-state index in [0.29, 0.717) is 0 Å². The van der Waals surface area contributed by atoms with Crippen LogP contribution in [0.1, 0.15) is 12.5 Å². The Labute approximate surface area is 107 Å². The van der Waals surface area contributed by atoms with Crippen LogP contribution in [0.5, 0.6) is 0 Å². The van der Waals surface area contributed by atoms with Gasteiger partial charge >= 0.3 is 0 Å². The quantitative estimate of drug-likeness (QED) is 0.836. The zero-order chi connectivity index (χ0) is 13.0. The maximum absolute atomic E-state index is 11.3. The first kappa shape index (κ1) is 12.2. The Balaban J connectivity index is 2.40. The van der Waals surface area contributed by atoms with Gasteiger partial charge in [0.25, 0.3) is 0 Å². The third-order valence-corrected chi connectivity index (χ3v) is 2.54. The molecule has 0 fully saturated rings. The van der Waals surface area contributed by atoms with Crippen LogP contribution in [0, 0.1) is 6.92 Å². The molecule has 0 saturated heterocycles. The highest BCUT2D eigenvalue weighted by Gasteiger charge is 2.09. The molecule has 0 bridgehead atoms. The van der Waals surface area contributed by atoms with Gasteiger partial charge in [0.05, 0.1) is 11.4 Å². The number of amides is 1. The zero-order valence-corrected chi connectivity index (χ0v) is 10.6. The third kappa shape index (κ3) is 2.88. The number of hydrogen-bond acceptors (Lipinski definition) is 2. The molecule has 0 aliphatic rings. The average Bonchev–Trinajstić information content (AvgIpc) is 2.37. The van der Waals surface area contributed by atoms with Crippen LogP contribution in [-0.2, 0) is 4.79 Å². The minimum atomic E-state index is -0.0969. The number of rotatable bonds is 3. The van der Waals surface area contributed by atoms with Crippen molar-refractivity contribution in [2.45, 2.75) is 13.8 Å². The molecule has 0 aliphatic carbocycles. The molecule has 0 radical (unpaired) electrons. The Bertz CT molecular complexity index is 537. The monoisotopic (exact) mass is 240 g/mol. The topological polar surface area (TPSA) is 32.3 Å². The number of nitrogens with zero attached hydrogens (tertiary/aromatic N) is 1. The molecular formula is C15H16N2O. The molecule has 92 valence electrons. The van der Waals surface area contributed by atoms with Gasteiger partial charge in [0.15, 0.2) is 0 Å². The van der Waals surface area contributed by atoms with Crippen LogP contribution in [0.4, 0.5) is 11.4 Å². The summed E-state index contributed by atoms with van der Waals surface area (Å²) in [6, 6.07) is 17.8. The van der Waals surface area contributed by atoms with Crippen LogP contribution in [-0.4, -0.2) is 5.91 Å². The summed E-state index contributed by atoms with van der Waals surface area (Å²) in [6.45, 7) is 3.53. The van der Waals surface area contributed by atoms with Crippen molar-refractivity contribution in [3.63, 3.8) is 0 Å². The Morgan fingerprint density at radius 2 is 1.67 bits per heavy atom. The first-order valence-corrected chi connectivity index (χ1v) is 5.86. The number of para-hydroxylation sites is 1. The normalized spacial score (nSPS) is 9.89. The highest BCUT2D eigenvalue weighted by atomic mass is 16.2. The molecule has 3 nitrogen and oxygen atoms in total. The van der Waals surface area contributed by atoms with E-state index in [1.54, 1.807) is 5.01 Å². The van der Waals surface area contributed by atoms with E-state index in [4.69, 9.17) is 0 Å². The summed E-state index contributed by atoms with van der Waals surface area (Å²) in [4.78, 5) is 11.3. The van der Waals surface area contributed by atoms with Crippen molar-refractivity contribution in [3.8, 4) is 0 Å². The van der Waals surface area contributed by atoms with E-state index in [1.807, 2.05) is 61.5 Å². The largest absolute Gasteiger partial charge is 0.274 e. The second-order valence-electron chi connectivity index (χ2n) is 4.18. The van der Waals surface area contributed by atoms with Crippen molar-refractivity contribution in [3.05, 3.63) is 60.2 Å². The first-order valence-electron chi connectivity index (χ1n) is 5.86. The van der Waals surface area contributed by atoms with E-state index < -0.39 is 0 Å². The Hall–Kier alpha value is -2.29. The van der Waals surface area contributed by atoms with Crippen LogP contribution >= 0.6 is 0 Å². The van der Waals surface area contributed by atoms with Gasteiger partial charge in [-0.25, -0.2) is 0 Å². The SMILES string of the molecule is CC(=O)NN(c1ccccc1)c1cccc(C)c1. The lowest BCUT2D eigenvalue weighted by Gasteiger charge is -2.25.